The lowest BCUT2D eigenvalue weighted by atomic mass is 9.98. The number of anilines is 1. The Bertz CT molecular complexity index is 888. The minimum Gasteiger partial charge on any atom is -0.378 e. The van der Waals surface area contributed by atoms with Gasteiger partial charge in [0, 0.05) is 50.1 Å². The Balaban J connectivity index is 1.45. The van der Waals surface area contributed by atoms with Crippen LogP contribution in [0.15, 0.2) is 12.4 Å². The fourth-order valence-corrected chi connectivity index (χ4v) is 4.54. The summed E-state index contributed by atoms with van der Waals surface area (Å²) in [5, 5.41) is 4.24. The Hall–Kier alpha value is -2.48. The maximum atomic E-state index is 13.2. The molecule has 27 heavy (non-hydrogen) atoms. The second kappa shape index (κ2) is 6.30. The van der Waals surface area contributed by atoms with Crippen molar-refractivity contribution in [3.8, 4) is 0 Å². The van der Waals surface area contributed by atoms with Crippen molar-refractivity contribution >= 4 is 11.9 Å². The number of aromatic nitrogens is 4. The number of morpholine rings is 1. The van der Waals surface area contributed by atoms with E-state index in [0.29, 0.717) is 5.56 Å². The van der Waals surface area contributed by atoms with Gasteiger partial charge in [-0.15, -0.1) is 0 Å². The lowest BCUT2D eigenvalue weighted by Gasteiger charge is -2.36. The molecular weight excluding hydrogens is 344 g/mol. The summed E-state index contributed by atoms with van der Waals surface area (Å²) < 4.78 is 7.18. The van der Waals surface area contributed by atoms with Crippen molar-refractivity contribution in [3.05, 3.63) is 34.9 Å². The highest BCUT2D eigenvalue weighted by Crippen LogP contribution is 2.44. The molecule has 3 aliphatic heterocycles. The van der Waals surface area contributed by atoms with Crippen molar-refractivity contribution in [2.75, 3.05) is 31.2 Å². The predicted molar refractivity (Wildman–Crippen MR) is 98.6 cm³/mol. The largest absolute Gasteiger partial charge is 0.378 e. The zero-order chi connectivity index (χ0) is 18.5. The van der Waals surface area contributed by atoms with Crippen molar-refractivity contribution in [1.29, 1.82) is 0 Å². The Morgan fingerprint density at radius 2 is 2.04 bits per heavy atom. The molecule has 5 rings (SSSR count). The highest BCUT2D eigenvalue weighted by atomic mass is 16.5. The number of carbonyl (C=O) groups is 1. The van der Waals surface area contributed by atoms with Crippen LogP contribution in [-0.2, 0) is 18.2 Å². The molecule has 2 atom stereocenters. The standard InChI is InChI=1S/C19H24N6O2/c1-12-14(11-21-23(12)2)18(26)25-13-3-4-17(25)15-10-20-19(22-16(15)9-13)24-5-7-27-8-6-24/h10-11,13,17H,3-9H2,1-2H3/t13-,17-/m1/s1. The molecule has 0 aliphatic carbocycles. The smallest absolute Gasteiger partial charge is 0.258 e. The number of fused-ring (bicyclic) bond motifs is 4. The van der Waals surface area contributed by atoms with E-state index in [9.17, 15) is 4.79 Å². The third-order valence-corrected chi connectivity index (χ3v) is 6.17. The van der Waals surface area contributed by atoms with Crippen LogP contribution in [0.3, 0.4) is 0 Å². The van der Waals surface area contributed by atoms with E-state index < -0.39 is 0 Å². The van der Waals surface area contributed by atoms with E-state index in [-0.39, 0.29) is 18.0 Å². The number of ether oxygens (including phenoxy) is 1. The summed E-state index contributed by atoms with van der Waals surface area (Å²) in [7, 11) is 1.87. The van der Waals surface area contributed by atoms with Gasteiger partial charge in [0.25, 0.3) is 5.91 Å². The number of aryl methyl sites for hydroxylation is 1. The van der Waals surface area contributed by atoms with Crippen molar-refractivity contribution in [1.82, 2.24) is 24.6 Å². The molecule has 2 aromatic heterocycles. The van der Waals surface area contributed by atoms with Crippen LogP contribution in [0.25, 0.3) is 0 Å². The van der Waals surface area contributed by atoms with Crippen LogP contribution in [-0.4, -0.2) is 62.9 Å². The quantitative estimate of drug-likeness (QED) is 0.794. The maximum absolute atomic E-state index is 13.2. The monoisotopic (exact) mass is 368 g/mol. The highest BCUT2D eigenvalue weighted by molar-refractivity contribution is 5.96. The average Bonchev–Trinajstić information content (AvgIpc) is 3.20. The number of hydrogen-bond donors (Lipinski definition) is 0. The van der Waals surface area contributed by atoms with Crippen LogP contribution in [0, 0.1) is 6.92 Å². The minimum atomic E-state index is 0.0737. The first-order chi connectivity index (χ1) is 13.1. The Morgan fingerprint density at radius 1 is 1.22 bits per heavy atom. The van der Waals surface area contributed by atoms with Gasteiger partial charge in [-0.1, -0.05) is 0 Å². The van der Waals surface area contributed by atoms with Gasteiger partial charge in [0.1, 0.15) is 0 Å². The summed E-state index contributed by atoms with van der Waals surface area (Å²) in [5.74, 6) is 0.871. The van der Waals surface area contributed by atoms with Gasteiger partial charge in [0.2, 0.25) is 5.95 Å². The molecule has 8 heteroatoms. The number of hydrogen-bond acceptors (Lipinski definition) is 6. The molecule has 0 N–H and O–H groups in total. The third kappa shape index (κ3) is 2.62. The van der Waals surface area contributed by atoms with Crippen LogP contribution in [0.2, 0.25) is 0 Å². The van der Waals surface area contributed by atoms with Crippen LogP contribution in [0.5, 0.6) is 0 Å². The summed E-state index contributed by atoms with van der Waals surface area (Å²) in [6.07, 6.45) is 6.42. The van der Waals surface area contributed by atoms with Crippen LogP contribution < -0.4 is 4.90 Å². The van der Waals surface area contributed by atoms with Gasteiger partial charge >= 0.3 is 0 Å². The second-order valence-corrected chi connectivity index (χ2v) is 7.60. The topological polar surface area (TPSA) is 76.4 Å². The highest BCUT2D eigenvalue weighted by Gasteiger charge is 2.44. The minimum absolute atomic E-state index is 0.0737. The lowest BCUT2D eigenvalue weighted by Crippen LogP contribution is -2.43. The van der Waals surface area contributed by atoms with Crippen LogP contribution in [0.1, 0.15) is 46.2 Å². The van der Waals surface area contributed by atoms with E-state index in [4.69, 9.17) is 9.72 Å². The SMILES string of the molecule is Cc1c(C(=O)N2[C@@H]3CC[C@@H]2c2cnc(N4CCOCC4)nc2C3)cnn1C. The van der Waals surface area contributed by atoms with E-state index in [0.717, 1.165) is 68.5 Å². The van der Waals surface area contributed by atoms with E-state index in [2.05, 4.69) is 15.0 Å². The first kappa shape index (κ1) is 16.7. The van der Waals surface area contributed by atoms with E-state index >= 15 is 0 Å². The molecule has 2 bridgehead atoms. The van der Waals surface area contributed by atoms with Crippen molar-refractivity contribution in [3.63, 3.8) is 0 Å². The third-order valence-electron chi connectivity index (χ3n) is 6.17. The summed E-state index contributed by atoms with van der Waals surface area (Å²) in [5.41, 5.74) is 3.81. The van der Waals surface area contributed by atoms with Gasteiger partial charge < -0.3 is 14.5 Å². The summed E-state index contributed by atoms with van der Waals surface area (Å²) in [6.45, 7) is 5.04. The molecule has 2 aromatic rings. The number of rotatable bonds is 2. The van der Waals surface area contributed by atoms with E-state index in [1.165, 1.54) is 0 Å². The number of amides is 1. The molecule has 8 nitrogen and oxygen atoms in total. The maximum Gasteiger partial charge on any atom is 0.258 e. The van der Waals surface area contributed by atoms with Gasteiger partial charge in [0.05, 0.1) is 36.7 Å². The number of carbonyl (C=O) groups excluding carboxylic acids is 1. The van der Waals surface area contributed by atoms with E-state index in [1.807, 2.05) is 25.1 Å². The molecule has 142 valence electrons. The molecule has 0 saturated carbocycles. The molecule has 0 aromatic carbocycles. The van der Waals surface area contributed by atoms with Crippen LogP contribution in [0.4, 0.5) is 5.95 Å². The zero-order valence-corrected chi connectivity index (χ0v) is 15.8. The molecule has 0 radical (unpaired) electrons. The van der Waals surface area contributed by atoms with Gasteiger partial charge in [-0.05, 0) is 19.8 Å². The summed E-state index contributed by atoms with van der Waals surface area (Å²) >= 11 is 0. The van der Waals surface area contributed by atoms with Crippen molar-refractivity contribution in [2.45, 2.75) is 38.3 Å². The Labute approximate surface area is 158 Å². The zero-order valence-electron chi connectivity index (χ0n) is 15.8. The van der Waals surface area contributed by atoms with Crippen LogP contribution >= 0.6 is 0 Å². The van der Waals surface area contributed by atoms with Crippen molar-refractivity contribution < 1.29 is 9.53 Å². The van der Waals surface area contributed by atoms with Gasteiger partial charge in [-0.25, -0.2) is 9.97 Å². The van der Waals surface area contributed by atoms with Gasteiger partial charge in [0.15, 0.2) is 0 Å². The molecule has 3 aliphatic rings. The molecular formula is C19H24N6O2. The van der Waals surface area contributed by atoms with Crippen molar-refractivity contribution in [2.24, 2.45) is 7.05 Å². The first-order valence-electron chi connectivity index (χ1n) is 9.63. The normalized spacial score (nSPS) is 24.2. The molecule has 2 fully saturated rings. The molecule has 2 saturated heterocycles. The summed E-state index contributed by atoms with van der Waals surface area (Å²) in [4.78, 5) is 27.0. The van der Waals surface area contributed by atoms with Gasteiger partial charge in [-0.2, -0.15) is 5.10 Å². The predicted octanol–water partition coefficient (Wildman–Crippen LogP) is 1.26. The fraction of sp³-hybridized carbons (Fsp3) is 0.579. The van der Waals surface area contributed by atoms with E-state index in [1.54, 1.807) is 10.9 Å². The molecule has 5 heterocycles. The molecule has 1 amide bonds. The molecule has 0 unspecified atom stereocenters. The fourth-order valence-electron chi connectivity index (χ4n) is 4.54. The lowest BCUT2D eigenvalue weighted by molar-refractivity contribution is 0.0643. The molecule has 0 spiro atoms. The average molecular weight is 368 g/mol. The van der Waals surface area contributed by atoms with Gasteiger partial charge in [-0.3, -0.25) is 9.48 Å². The number of nitrogens with zero attached hydrogens (tertiary/aromatic N) is 6. The second-order valence-electron chi connectivity index (χ2n) is 7.60. The Morgan fingerprint density at radius 3 is 2.78 bits per heavy atom. The Kier molecular flexibility index (Phi) is 3.89. The first-order valence-corrected chi connectivity index (χ1v) is 9.63. The summed E-state index contributed by atoms with van der Waals surface area (Å²) in [6, 6.07) is 0.284.